The van der Waals surface area contributed by atoms with Crippen LogP contribution >= 0.6 is 0 Å². The van der Waals surface area contributed by atoms with Crippen molar-refractivity contribution in [1.82, 2.24) is 10.2 Å². The first-order valence-corrected chi connectivity index (χ1v) is 10.3. The smallest absolute Gasteiger partial charge is 0.262 e. The van der Waals surface area contributed by atoms with Gasteiger partial charge in [0.2, 0.25) is 11.8 Å². The van der Waals surface area contributed by atoms with E-state index in [-0.39, 0.29) is 36.1 Å². The maximum Gasteiger partial charge on any atom is 0.262 e. The Balaban J connectivity index is 1.46. The fourth-order valence-corrected chi connectivity index (χ4v) is 4.94. The lowest BCUT2D eigenvalue weighted by Gasteiger charge is -2.31. The highest BCUT2D eigenvalue weighted by Gasteiger charge is 2.45. The summed E-state index contributed by atoms with van der Waals surface area (Å²) in [7, 11) is 1.92. The molecule has 2 aliphatic heterocycles. The Morgan fingerprint density at radius 2 is 1.77 bits per heavy atom. The first-order chi connectivity index (χ1) is 14.9. The number of likely N-dealkylation sites (N-methyl/N-ethyl adjacent to an activating group) is 1. The van der Waals surface area contributed by atoms with E-state index in [2.05, 4.69) is 17.4 Å². The number of fused-ring (bicyclic) bond motifs is 2. The van der Waals surface area contributed by atoms with Gasteiger partial charge in [-0.05, 0) is 42.2 Å². The Morgan fingerprint density at radius 1 is 1.03 bits per heavy atom. The molecule has 1 aliphatic carbocycles. The predicted octanol–water partition coefficient (Wildman–Crippen LogP) is 1.15. The van der Waals surface area contributed by atoms with Crippen LogP contribution in [0.15, 0.2) is 42.5 Å². The van der Waals surface area contributed by atoms with Crippen LogP contribution in [0.1, 0.15) is 50.7 Å². The van der Waals surface area contributed by atoms with Gasteiger partial charge in [0.15, 0.2) is 0 Å². The molecule has 3 aliphatic rings. The van der Waals surface area contributed by atoms with E-state index in [1.807, 2.05) is 24.1 Å². The number of amides is 4. The summed E-state index contributed by atoms with van der Waals surface area (Å²) in [4.78, 5) is 52.7. The summed E-state index contributed by atoms with van der Waals surface area (Å²) in [6, 6.07) is 12.1. The lowest BCUT2D eigenvalue weighted by atomic mass is 10.0. The van der Waals surface area contributed by atoms with Gasteiger partial charge in [0, 0.05) is 25.2 Å². The molecule has 0 saturated carbocycles. The first-order valence-electron chi connectivity index (χ1n) is 10.3. The van der Waals surface area contributed by atoms with Crippen LogP contribution in [0.3, 0.4) is 0 Å². The molecule has 3 atom stereocenters. The quantitative estimate of drug-likeness (QED) is 0.723. The predicted molar refractivity (Wildman–Crippen MR) is 112 cm³/mol. The second-order valence-corrected chi connectivity index (χ2v) is 8.30. The Bertz CT molecular complexity index is 1140. The SMILES string of the molecule is CN(c1ccc2c(c1)C(=O)N(C1CCC(=O)NC1=O)C2=O)[C@@H]1c2ccccc2C[C@H]1N. The molecule has 0 aromatic heterocycles. The summed E-state index contributed by atoms with van der Waals surface area (Å²) in [6.07, 6.45) is 1.00. The van der Waals surface area contributed by atoms with Gasteiger partial charge in [-0.1, -0.05) is 24.3 Å². The number of piperidine rings is 1. The maximum atomic E-state index is 13.1. The van der Waals surface area contributed by atoms with Gasteiger partial charge in [0.05, 0.1) is 17.2 Å². The maximum absolute atomic E-state index is 13.1. The topological polar surface area (TPSA) is 113 Å². The third-order valence-electron chi connectivity index (χ3n) is 6.48. The van der Waals surface area contributed by atoms with Crippen molar-refractivity contribution in [3.63, 3.8) is 0 Å². The fraction of sp³-hybridized carbons (Fsp3) is 0.304. The number of nitrogens with two attached hydrogens (primary N) is 1. The van der Waals surface area contributed by atoms with Crippen LogP contribution in [0.2, 0.25) is 0 Å². The van der Waals surface area contributed by atoms with E-state index in [4.69, 9.17) is 5.73 Å². The molecule has 1 fully saturated rings. The van der Waals surface area contributed by atoms with E-state index in [0.717, 1.165) is 22.6 Å². The zero-order valence-corrected chi connectivity index (χ0v) is 17.0. The van der Waals surface area contributed by atoms with E-state index in [1.54, 1.807) is 18.2 Å². The van der Waals surface area contributed by atoms with Gasteiger partial charge in [-0.15, -0.1) is 0 Å². The molecule has 158 valence electrons. The fourth-order valence-electron chi connectivity index (χ4n) is 4.94. The molecule has 0 bridgehead atoms. The molecular formula is C23H22N4O4. The van der Waals surface area contributed by atoms with Gasteiger partial charge < -0.3 is 10.6 Å². The number of rotatable bonds is 3. The summed E-state index contributed by atoms with van der Waals surface area (Å²) >= 11 is 0. The zero-order valence-electron chi connectivity index (χ0n) is 17.0. The molecule has 0 radical (unpaired) electrons. The number of imide groups is 2. The second kappa shape index (κ2) is 7.02. The number of anilines is 1. The van der Waals surface area contributed by atoms with E-state index >= 15 is 0 Å². The van der Waals surface area contributed by atoms with Gasteiger partial charge >= 0.3 is 0 Å². The van der Waals surface area contributed by atoms with Crippen molar-refractivity contribution >= 4 is 29.3 Å². The van der Waals surface area contributed by atoms with Crippen molar-refractivity contribution in [1.29, 1.82) is 0 Å². The highest BCUT2D eigenvalue weighted by Crippen LogP contribution is 2.38. The van der Waals surface area contributed by atoms with Crippen molar-refractivity contribution in [2.75, 3.05) is 11.9 Å². The number of carbonyl (C=O) groups excluding carboxylic acids is 4. The van der Waals surface area contributed by atoms with Gasteiger partial charge in [-0.3, -0.25) is 29.4 Å². The van der Waals surface area contributed by atoms with Crippen molar-refractivity contribution in [2.24, 2.45) is 5.73 Å². The number of nitrogens with one attached hydrogen (secondary N) is 1. The van der Waals surface area contributed by atoms with E-state index < -0.39 is 29.7 Å². The normalized spacial score (nSPS) is 24.8. The van der Waals surface area contributed by atoms with Crippen molar-refractivity contribution in [3.05, 3.63) is 64.7 Å². The van der Waals surface area contributed by atoms with E-state index in [9.17, 15) is 19.2 Å². The number of carbonyl (C=O) groups is 4. The minimum Gasteiger partial charge on any atom is -0.366 e. The average Bonchev–Trinajstić information content (AvgIpc) is 3.21. The van der Waals surface area contributed by atoms with Crippen molar-refractivity contribution < 1.29 is 19.2 Å². The van der Waals surface area contributed by atoms with Crippen molar-refractivity contribution in [2.45, 2.75) is 37.4 Å². The summed E-state index contributed by atoms with van der Waals surface area (Å²) in [6.45, 7) is 0. The van der Waals surface area contributed by atoms with E-state index in [0.29, 0.717) is 0 Å². The Labute approximate surface area is 179 Å². The summed E-state index contributed by atoms with van der Waals surface area (Å²) in [5.74, 6) is -2.03. The molecule has 0 spiro atoms. The number of nitrogens with zero attached hydrogens (tertiary/aromatic N) is 2. The molecule has 8 heteroatoms. The van der Waals surface area contributed by atoms with Gasteiger partial charge in [0.25, 0.3) is 11.8 Å². The first kappa shape index (κ1) is 19.4. The zero-order chi connectivity index (χ0) is 21.9. The average molecular weight is 418 g/mol. The largest absolute Gasteiger partial charge is 0.366 e. The number of hydrogen-bond acceptors (Lipinski definition) is 6. The van der Waals surface area contributed by atoms with Crippen LogP contribution < -0.4 is 16.0 Å². The van der Waals surface area contributed by atoms with Crippen LogP contribution in [-0.2, 0) is 16.0 Å². The number of hydrogen-bond donors (Lipinski definition) is 2. The van der Waals surface area contributed by atoms with Crippen LogP contribution in [0.4, 0.5) is 5.69 Å². The monoisotopic (exact) mass is 418 g/mol. The molecule has 4 amide bonds. The second-order valence-electron chi connectivity index (χ2n) is 8.30. The molecule has 1 unspecified atom stereocenters. The molecule has 2 heterocycles. The van der Waals surface area contributed by atoms with E-state index in [1.165, 1.54) is 5.56 Å². The Kier molecular flexibility index (Phi) is 4.40. The summed E-state index contributed by atoms with van der Waals surface area (Å²) < 4.78 is 0. The van der Waals surface area contributed by atoms with Crippen LogP contribution in [-0.4, -0.2) is 47.7 Å². The molecular weight excluding hydrogens is 396 g/mol. The lowest BCUT2D eigenvalue weighted by Crippen LogP contribution is -2.54. The number of benzene rings is 2. The lowest BCUT2D eigenvalue weighted by molar-refractivity contribution is -0.136. The molecule has 8 nitrogen and oxygen atoms in total. The third-order valence-corrected chi connectivity index (χ3v) is 6.48. The van der Waals surface area contributed by atoms with Crippen LogP contribution in [0.25, 0.3) is 0 Å². The summed E-state index contributed by atoms with van der Waals surface area (Å²) in [5, 5.41) is 2.21. The molecule has 2 aromatic carbocycles. The molecule has 5 rings (SSSR count). The molecule has 1 saturated heterocycles. The highest BCUT2D eigenvalue weighted by atomic mass is 16.2. The van der Waals surface area contributed by atoms with Crippen molar-refractivity contribution in [3.8, 4) is 0 Å². The third kappa shape index (κ3) is 2.94. The summed E-state index contributed by atoms with van der Waals surface area (Å²) in [5.41, 5.74) is 10.1. The minimum atomic E-state index is -0.971. The molecule has 2 aromatic rings. The van der Waals surface area contributed by atoms with Crippen LogP contribution in [0.5, 0.6) is 0 Å². The standard InChI is InChI=1S/C23H22N4O4/c1-26(20-14-5-3-2-4-12(14)10-17(20)24)13-6-7-15-16(11-13)23(31)27(22(15)30)18-8-9-19(28)25-21(18)29/h2-7,11,17-18,20H,8-10,24H2,1H3,(H,25,28,29)/t17-,18?,20-/m1/s1. The van der Waals surface area contributed by atoms with Gasteiger partial charge in [-0.25, -0.2) is 0 Å². The Hall–Kier alpha value is -3.52. The highest BCUT2D eigenvalue weighted by molar-refractivity contribution is 6.23. The van der Waals surface area contributed by atoms with Crippen LogP contribution in [0, 0.1) is 0 Å². The minimum absolute atomic E-state index is 0.0484. The molecule has 3 N–H and O–H groups in total. The van der Waals surface area contributed by atoms with Gasteiger partial charge in [-0.2, -0.15) is 0 Å². The van der Waals surface area contributed by atoms with Gasteiger partial charge in [0.1, 0.15) is 6.04 Å². The molecule has 31 heavy (non-hydrogen) atoms. The Morgan fingerprint density at radius 3 is 2.55 bits per heavy atom.